The molecule has 0 saturated carbocycles. The van der Waals surface area contributed by atoms with E-state index in [4.69, 9.17) is 5.73 Å². The van der Waals surface area contributed by atoms with Crippen molar-refractivity contribution in [2.75, 3.05) is 5.73 Å². The second-order valence-corrected chi connectivity index (χ2v) is 2.13. The number of hydrogen-bond donors (Lipinski definition) is 2. The summed E-state index contributed by atoms with van der Waals surface area (Å²) >= 11 is 0. The molecule has 5 heteroatoms. The Labute approximate surface area is 62.5 Å². The fourth-order valence-corrected chi connectivity index (χ4v) is 0.761. The van der Waals surface area contributed by atoms with E-state index in [2.05, 4.69) is 4.98 Å². The summed E-state index contributed by atoms with van der Waals surface area (Å²) in [6.45, 7) is 2.29. The molecule has 3 N–H and O–H groups in total. The molecule has 60 valence electrons. The summed E-state index contributed by atoms with van der Waals surface area (Å²) in [5.74, 6) is 0. The third-order valence-electron chi connectivity index (χ3n) is 1.38. The van der Waals surface area contributed by atoms with Gasteiger partial charge in [-0.15, -0.1) is 0 Å². The fourth-order valence-electron chi connectivity index (χ4n) is 0.761. The van der Waals surface area contributed by atoms with Crippen molar-refractivity contribution in [2.45, 2.75) is 13.5 Å². The van der Waals surface area contributed by atoms with Crippen LogP contribution in [0.1, 0.15) is 6.92 Å². The topological polar surface area (TPSA) is 80.9 Å². The smallest absolute Gasteiger partial charge is 0.328 e. The number of nitrogens with two attached hydrogens (primary N) is 1. The van der Waals surface area contributed by atoms with E-state index in [0.29, 0.717) is 6.54 Å². The molecule has 11 heavy (non-hydrogen) atoms. The minimum Gasteiger partial charge on any atom is -0.393 e. The summed E-state index contributed by atoms with van der Waals surface area (Å²) in [4.78, 5) is 23.7. The molecule has 0 atom stereocenters. The van der Waals surface area contributed by atoms with Gasteiger partial charge in [-0.2, -0.15) is 0 Å². The number of nitrogen functional groups attached to an aromatic ring is 1. The van der Waals surface area contributed by atoms with Crippen molar-refractivity contribution in [2.24, 2.45) is 0 Å². The summed E-state index contributed by atoms with van der Waals surface area (Å²) in [6.07, 6.45) is 1.33. The fraction of sp³-hybridized carbons (Fsp3) is 0.333. The standard InChI is InChI=1S/C6H9N3O2/c1-2-9-3-4(7)5(10)8-6(9)11/h3H,2,7H2,1H3,(H,8,10,11). The van der Waals surface area contributed by atoms with Crippen LogP contribution >= 0.6 is 0 Å². The van der Waals surface area contributed by atoms with Gasteiger partial charge in [-0.05, 0) is 6.92 Å². The number of nitrogens with one attached hydrogen (secondary N) is 1. The normalized spacial score (nSPS) is 9.91. The number of H-pyrrole nitrogens is 1. The molecule has 0 spiro atoms. The van der Waals surface area contributed by atoms with Crippen LogP contribution in [-0.2, 0) is 6.54 Å². The highest BCUT2D eigenvalue weighted by Crippen LogP contribution is 1.84. The number of hydrogen-bond acceptors (Lipinski definition) is 3. The van der Waals surface area contributed by atoms with Crippen molar-refractivity contribution in [1.29, 1.82) is 0 Å². The number of aryl methyl sites for hydroxylation is 1. The van der Waals surface area contributed by atoms with Crippen LogP contribution in [-0.4, -0.2) is 9.55 Å². The van der Waals surface area contributed by atoms with E-state index in [1.54, 1.807) is 6.92 Å². The first kappa shape index (κ1) is 7.59. The molecule has 0 amide bonds. The molecule has 0 aromatic carbocycles. The molecule has 0 radical (unpaired) electrons. The van der Waals surface area contributed by atoms with Crippen molar-refractivity contribution in [3.63, 3.8) is 0 Å². The number of aromatic nitrogens is 2. The quantitative estimate of drug-likeness (QED) is 0.553. The molecule has 0 aliphatic heterocycles. The SMILES string of the molecule is CCn1cc(N)c(=O)[nH]c1=O. The van der Waals surface area contributed by atoms with Crippen molar-refractivity contribution >= 4 is 5.69 Å². The first-order chi connectivity index (χ1) is 5.15. The third kappa shape index (κ3) is 1.31. The first-order valence-electron chi connectivity index (χ1n) is 3.24. The van der Waals surface area contributed by atoms with Gasteiger partial charge in [0.15, 0.2) is 0 Å². The molecule has 1 heterocycles. The Morgan fingerprint density at radius 1 is 1.64 bits per heavy atom. The summed E-state index contributed by atoms with van der Waals surface area (Å²) in [6, 6.07) is 0. The molecule has 0 unspecified atom stereocenters. The zero-order valence-corrected chi connectivity index (χ0v) is 6.13. The number of nitrogens with zero attached hydrogens (tertiary/aromatic N) is 1. The molecular weight excluding hydrogens is 146 g/mol. The zero-order valence-electron chi connectivity index (χ0n) is 6.13. The van der Waals surface area contributed by atoms with Crippen LogP contribution in [0.25, 0.3) is 0 Å². The Morgan fingerprint density at radius 3 is 2.82 bits per heavy atom. The van der Waals surface area contributed by atoms with Crippen molar-refractivity contribution < 1.29 is 0 Å². The Kier molecular flexibility index (Phi) is 1.80. The van der Waals surface area contributed by atoms with E-state index in [-0.39, 0.29) is 5.69 Å². The van der Waals surface area contributed by atoms with Crippen molar-refractivity contribution in [1.82, 2.24) is 9.55 Å². The molecule has 5 nitrogen and oxygen atoms in total. The van der Waals surface area contributed by atoms with Gasteiger partial charge in [0.25, 0.3) is 5.56 Å². The number of anilines is 1. The van der Waals surface area contributed by atoms with Crippen LogP contribution in [0.3, 0.4) is 0 Å². The lowest BCUT2D eigenvalue weighted by molar-refractivity contribution is 0.696. The molecule has 1 aromatic rings. The molecule has 0 saturated heterocycles. The van der Waals surface area contributed by atoms with Gasteiger partial charge in [0.2, 0.25) is 0 Å². The van der Waals surface area contributed by atoms with Crippen molar-refractivity contribution in [3.05, 3.63) is 27.0 Å². The largest absolute Gasteiger partial charge is 0.393 e. The minimum absolute atomic E-state index is 0.0615. The van der Waals surface area contributed by atoms with E-state index in [1.165, 1.54) is 10.8 Å². The highest BCUT2D eigenvalue weighted by atomic mass is 16.2. The van der Waals surface area contributed by atoms with Gasteiger partial charge in [0, 0.05) is 12.7 Å². The number of rotatable bonds is 1. The van der Waals surface area contributed by atoms with Crippen LogP contribution in [0.2, 0.25) is 0 Å². The van der Waals surface area contributed by atoms with Gasteiger partial charge in [-0.1, -0.05) is 0 Å². The van der Waals surface area contributed by atoms with Crippen molar-refractivity contribution in [3.8, 4) is 0 Å². The molecular formula is C6H9N3O2. The number of aromatic amines is 1. The Morgan fingerprint density at radius 2 is 2.27 bits per heavy atom. The Balaban J connectivity index is 3.45. The van der Waals surface area contributed by atoms with Gasteiger partial charge in [0.1, 0.15) is 5.69 Å². The second kappa shape index (κ2) is 2.61. The monoisotopic (exact) mass is 155 g/mol. The highest BCUT2D eigenvalue weighted by Gasteiger charge is 1.97. The van der Waals surface area contributed by atoms with Gasteiger partial charge >= 0.3 is 5.69 Å². The van der Waals surface area contributed by atoms with Crippen LogP contribution in [0.4, 0.5) is 5.69 Å². The van der Waals surface area contributed by atoms with Gasteiger partial charge in [-0.3, -0.25) is 14.3 Å². The second-order valence-electron chi connectivity index (χ2n) is 2.13. The van der Waals surface area contributed by atoms with E-state index in [0.717, 1.165) is 0 Å². The van der Waals surface area contributed by atoms with Crippen LogP contribution < -0.4 is 17.0 Å². The van der Waals surface area contributed by atoms with Crippen LogP contribution in [0, 0.1) is 0 Å². The van der Waals surface area contributed by atoms with Crippen LogP contribution in [0.5, 0.6) is 0 Å². The molecule has 0 bridgehead atoms. The average molecular weight is 155 g/mol. The lowest BCUT2D eigenvalue weighted by Gasteiger charge is -1.99. The highest BCUT2D eigenvalue weighted by molar-refractivity contribution is 5.29. The Bertz CT molecular complexity index is 363. The maximum absolute atomic E-state index is 10.9. The maximum Gasteiger partial charge on any atom is 0.328 e. The average Bonchev–Trinajstić information content (AvgIpc) is 1.97. The van der Waals surface area contributed by atoms with Gasteiger partial charge < -0.3 is 5.73 Å². The Hall–Kier alpha value is -1.52. The molecule has 1 aromatic heterocycles. The van der Waals surface area contributed by atoms with E-state index < -0.39 is 11.2 Å². The maximum atomic E-state index is 10.9. The van der Waals surface area contributed by atoms with Gasteiger partial charge in [-0.25, -0.2) is 4.79 Å². The summed E-state index contributed by atoms with van der Waals surface area (Å²) in [7, 11) is 0. The zero-order chi connectivity index (χ0) is 8.43. The van der Waals surface area contributed by atoms with Gasteiger partial charge in [0.05, 0.1) is 0 Å². The third-order valence-corrected chi connectivity index (χ3v) is 1.38. The summed E-state index contributed by atoms with van der Waals surface area (Å²) in [5.41, 5.74) is 4.37. The minimum atomic E-state index is -0.528. The predicted octanol–water partition coefficient (Wildman–Crippen LogP) is -0.861. The predicted molar refractivity (Wildman–Crippen MR) is 41.4 cm³/mol. The summed E-state index contributed by atoms with van der Waals surface area (Å²) < 4.78 is 1.33. The summed E-state index contributed by atoms with van der Waals surface area (Å²) in [5, 5.41) is 0. The molecule has 1 rings (SSSR count). The first-order valence-corrected chi connectivity index (χ1v) is 3.24. The molecule has 0 fully saturated rings. The van der Waals surface area contributed by atoms with E-state index >= 15 is 0 Å². The molecule has 0 aliphatic carbocycles. The van der Waals surface area contributed by atoms with E-state index in [1.807, 2.05) is 0 Å². The van der Waals surface area contributed by atoms with Crippen LogP contribution in [0.15, 0.2) is 15.8 Å². The molecule has 0 aliphatic rings. The lowest BCUT2D eigenvalue weighted by Crippen LogP contribution is -2.30. The van der Waals surface area contributed by atoms with E-state index in [9.17, 15) is 9.59 Å². The lowest BCUT2D eigenvalue weighted by atomic mass is 10.5.